The first-order valence-corrected chi connectivity index (χ1v) is 12.1. The van der Waals surface area contributed by atoms with E-state index in [1.807, 2.05) is 42.5 Å². The fourth-order valence-corrected chi connectivity index (χ4v) is 4.90. The number of aliphatic hydroxyl groups is 2. The van der Waals surface area contributed by atoms with Gasteiger partial charge in [-0.15, -0.1) is 0 Å². The molecule has 1 aromatic heterocycles. The van der Waals surface area contributed by atoms with E-state index in [0.717, 1.165) is 33.0 Å². The van der Waals surface area contributed by atoms with Gasteiger partial charge >= 0.3 is 4.87 Å². The molecule has 6 N–H and O–H groups in total. The summed E-state index contributed by atoms with van der Waals surface area (Å²) in [5, 5.41) is 37.7. The molecule has 0 aliphatic heterocycles. The van der Waals surface area contributed by atoms with E-state index in [1.54, 1.807) is 6.07 Å². The second-order valence-corrected chi connectivity index (χ2v) is 9.54. The summed E-state index contributed by atoms with van der Waals surface area (Å²) in [6.07, 6.45) is 0.466. The molecule has 0 spiro atoms. The number of halogens is 1. The normalized spacial score (nSPS) is 11.9. The quantitative estimate of drug-likeness (QED) is 0.186. The van der Waals surface area contributed by atoms with E-state index in [1.165, 1.54) is 6.07 Å². The summed E-state index contributed by atoms with van der Waals surface area (Å²) in [4.78, 5) is 13.9. The van der Waals surface area contributed by atoms with Gasteiger partial charge in [0.15, 0.2) is 0 Å². The Labute approximate surface area is 205 Å². The zero-order valence-electron chi connectivity index (χ0n) is 18.3. The molecule has 178 valence electrons. The molecule has 0 saturated carbocycles. The number of phenols is 1. The minimum Gasteiger partial charge on any atom is -0.506 e. The molecule has 4 aromatic rings. The molecule has 0 bridgehead atoms. The molecule has 0 saturated heterocycles. The standard InChI is InChI=1S/C25H26ClN3O4S/c26-20-7-2-1-6-19(20)15-27-14-17-5-3-4-16(12-17)10-11-28-25(32,33)13-18-8-9-21(30)22-23(18)34-24(31)29-22/h1-9,12,27-28,30,32-33H,10-11,13-15H2,(H,29,31). The van der Waals surface area contributed by atoms with Crippen LogP contribution >= 0.6 is 22.9 Å². The minimum atomic E-state index is -2.16. The highest BCUT2D eigenvalue weighted by Gasteiger charge is 2.25. The Kier molecular flexibility index (Phi) is 7.67. The van der Waals surface area contributed by atoms with E-state index in [9.17, 15) is 20.1 Å². The number of hydrogen-bond donors (Lipinski definition) is 6. The van der Waals surface area contributed by atoms with Gasteiger partial charge in [-0.1, -0.05) is 71.5 Å². The zero-order valence-corrected chi connectivity index (χ0v) is 19.9. The van der Waals surface area contributed by atoms with Crippen LogP contribution in [0.15, 0.2) is 65.5 Å². The Bertz CT molecular complexity index is 1340. The average molecular weight is 500 g/mol. The van der Waals surface area contributed by atoms with Crippen molar-refractivity contribution in [3.8, 4) is 5.75 Å². The molecule has 0 amide bonds. The van der Waals surface area contributed by atoms with E-state index >= 15 is 0 Å². The SMILES string of the molecule is O=c1[nH]c2c(O)ccc(CC(O)(O)NCCc3cccc(CNCc4ccccc4Cl)c3)c2s1. The third-order valence-corrected chi connectivity index (χ3v) is 6.82. The van der Waals surface area contributed by atoms with Crippen molar-refractivity contribution in [3.05, 3.63) is 97.6 Å². The number of aromatic nitrogens is 1. The Morgan fingerprint density at radius 2 is 1.76 bits per heavy atom. The van der Waals surface area contributed by atoms with Crippen molar-refractivity contribution in [2.75, 3.05) is 6.54 Å². The molecule has 0 unspecified atom stereocenters. The van der Waals surface area contributed by atoms with Crippen molar-refractivity contribution >= 4 is 33.2 Å². The third-order valence-electron chi connectivity index (χ3n) is 5.49. The summed E-state index contributed by atoms with van der Waals surface area (Å²) < 4.78 is 0.510. The maximum atomic E-state index is 11.7. The van der Waals surface area contributed by atoms with Gasteiger partial charge in [0.1, 0.15) is 11.3 Å². The van der Waals surface area contributed by atoms with Crippen molar-refractivity contribution in [1.82, 2.24) is 15.6 Å². The van der Waals surface area contributed by atoms with Crippen LogP contribution in [0.3, 0.4) is 0 Å². The number of thiazole rings is 1. The van der Waals surface area contributed by atoms with E-state index in [4.69, 9.17) is 11.6 Å². The maximum Gasteiger partial charge on any atom is 0.305 e. The van der Waals surface area contributed by atoms with Crippen LogP contribution in [-0.2, 0) is 25.9 Å². The predicted octanol–water partition coefficient (Wildman–Crippen LogP) is 3.25. The van der Waals surface area contributed by atoms with Crippen molar-refractivity contribution in [1.29, 1.82) is 0 Å². The molecule has 0 fully saturated rings. The summed E-state index contributed by atoms with van der Waals surface area (Å²) in [6, 6.07) is 18.9. The number of H-pyrrole nitrogens is 1. The Hall–Kier alpha value is -2.72. The lowest BCUT2D eigenvalue weighted by Crippen LogP contribution is -2.47. The second-order valence-electron chi connectivity index (χ2n) is 8.15. The summed E-state index contributed by atoms with van der Waals surface area (Å²) in [5.74, 6) is -2.21. The molecule has 7 nitrogen and oxygen atoms in total. The predicted molar refractivity (Wildman–Crippen MR) is 135 cm³/mol. The van der Waals surface area contributed by atoms with Gasteiger partial charge in [-0.25, -0.2) is 0 Å². The van der Waals surface area contributed by atoms with Crippen molar-refractivity contribution in [2.24, 2.45) is 0 Å². The summed E-state index contributed by atoms with van der Waals surface area (Å²) in [6.45, 7) is 1.70. The smallest absolute Gasteiger partial charge is 0.305 e. The van der Waals surface area contributed by atoms with Gasteiger partial charge in [0.25, 0.3) is 0 Å². The number of aromatic hydroxyl groups is 1. The first-order valence-electron chi connectivity index (χ1n) is 10.9. The second kappa shape index (κ2) is 10.7. The number of nitrogens with one attached hydrogen (secondary N) is 3. The number of rotatable bonds is 10. The molecule has 0 atom stereocenters. The Balaban J connectivity index is 1.30. The molecule has 4 rings (SSSR count). The molecular weight excluding hydrogens is 474 g/mol. The van der Waals surface area contributed by atoms with Gasteiger partial charge < -0.3 is 25.6 Å². The largest absolute Gasteiger partial charge is 0.506 e. The van der Waals surface area contributed by atoms with Crippen molar-refractivity contribution < 1.29 is 15.3 Å². The summed E-state index contributed by atoms with van der Waals surface area (Å²) >= 11 is 7.13. The average Bonchev–Trinajstić information content (AvgIpc) is 3.20. The number of phenolic OH excluding ortho intramolecular Hbond substituents is 1. The Morgan fingerprint density at radius 1 is 0.971 bits per heavy atom. The van der Waals surface area contributed by atoms with Crippen LogP contribution in [0, 0.1) is 0 Å². The van der Waals surface area contributed by atoms with Crippen molar-refractivity contribution in [2.45, 2.75) is 31.8 Å². The van der Waals surface area contributed by atoms with Gasteiger partial charge in [-0.05, 0) is 40.8 Å². The first kappa shape index (κ1) is 24.4. The molecule has 3 aromatic carbocycles. The monoisotopic (exact) mass is 499 g/mol. The van der Waals surface area contributed by atoms with Gasteiger partial charge in [-0.2, -0.15) is 0 Å². The molecule has 0 aliphatic carbocycles. The number of fused-ring (bicyclic) bond motifs is 1. The highest BCUT2D eigenvalue weighted by Crippen LogP contribution is 2.29. The maximum absolute atomic E-state index is 11.7. The van der Waals surface area contributed by atoms with Gasteiger partial charge in [0.05, 0.1) is 4.70 Å². The topological polar surface area (TPSA) is 118 Å². The van der Waals surface area contributed by atoms with Gasteiger partial charge in [0.2, 0.25) is 5.91 Å². The first-order chi connectivity index (χ1) is 16.3. The van der Waals surface area contributed by atoms with Crippen LogP contribution in [0.2, 0.25) is 5.02 Å². The number of hydrogen-bond acceptors (Lipinski definition) is 7. The lowest BCUT2D eigenvalue weighted by Gasteiger charge is -2.23. The third kappa shape index (κ3) is 6.24. The fraction of sp³-hybridized carbons (Fsp3) is 0.240. The van der Waals surface area contributed by atoms with Crippen LogP contribution < -0.4 is 15.5 Å². The van der Waals surface area contributed by atoms with Crippen molar-refractivity contribution in [3.63, 3.8) is 0 Å². The minimum absolute atomic E-state index is 0.0484. The molecule has 1 heterocycles. The fourth-order valence-electron chi connectivity index (χ4n) is 3.83. The van der Waals surface area contributed by atoms with Gasteiger partial charge in [-0.3, -0.25) is 10.1 Å². The summed E-state index contributed by atoms with van der Waals surface area (Å²) in [7, 11) is 0. The number of aromatic amines is 1. The highest BCUT2D eigenvalue weighted by atomic mass is 35.5. The van der Waals surface area contributed by atoms with Crippen LogP contribution in [-0.4, -0.2) is 32.8 Å². The lowest BCUT2D eigenvalue weighted by molar-refractivity contribution is -0.183. The lowest BCUT2D eigenvalue weighted by atomic mass is 10.1. The van der Waals surface area contributed by atoms with Crippen LogP contribution in [0.1, 0.15) is 22.3 Å². The zero-order chi connectivity index (χ0) is 24.1. The van der Waals surface area contributed by atoms with E-state index in [0.29, 0.717) is 41.8 Å². The van der Waals surface area contributed by atoms with Gasteiger partial charge in [0, 0.05) is 31.1 Å². The Morgan fingerprint density at radius 3 is 2.59 bits per heavy atom. The van der Waals surface area contributed by atoms with Crippen LogP contribution in [0.4, 0.5) is 0 Å². The van der Waals surface area contributed by atoms with E-state index in [2.05, 4.69) is 21.7 Å². The van der Waals surface area contributed by atoms with E-state index < -0.39 is 5.91 Å². The number of benzene rings is 3. The molecule has 0 aliphatic rings. The molecule has 9 heteroatoms. The highest BCUT2D eigenvalue weighted by molar-refractivity contribution is 7.16. The van der Waals surface area contributed by atoms with Crippen LogP contribution in [0.5, 0.6) is 5.75 Å². The van der Waals surface area contributed by atoms with E-state index in [-0.39, 0.29) is 17.0 Å². The summed E-state index contributed by atoms with van der Waals surface area (Å²) in [5.41, 5.74) is 4.10. The molecular formula is C25H26ClN3O4S. The molecule has 34 heavy (non-hydrogen) atoms. The van der Waals surface area contributed by atoms with Crippen LogP contribution in [0.25, 0.3) is 10.2 Å². The molecule has 0 radical (unpaired) electrons.